The average molecular weight is 262 g/mol. The first-order chi connectivity index (χ1) is 8.83. The predicted octanol–water partition coefficient (Wildman–Crippen LogP) is 3.01. The Morgan fingerprint density at radius 1 is 1.33 bits per heavy atom. The van der Waals surface area contributed by atoms with Gasteiger partial charge in [0.05, 0.1) is 12.0 Å². The van der Waals surface area contributed by atoms with Gasteiger partial charge in [0.15, 0.2) is 0 Å². The maximum atomic E-state index is 5.90. The van der Waals surface area contributed by atoms with Gasteiger partial charge in [-0.15, -0.1) is 0 Å². The Kier molecular flexibility index (Phi) is 3.35. The number of halogens is 1. The van der Waals surface area contributed by atoms with Crippen molar-refractivity contribution in [3.8, 4) is 0 Å². The van der Waals surface area contributed by atoms with Crippen LogP contribution < -0.4 is 5.32 Å². The molecule has 0 amide bonds. The van der Waals surface area contributed by atoms with E-state index in [1.54, 1.807) is 0 Å². The Morgan fingerprint density at radius 2 is 2.17 bits per heavy atom. The molecule has 2 aromatic rings. The Bertz CT molecular complexity index is 512. The van der Waals surface area contributed by atoms with Gasteiger partial charge in [-0.25, -0.2) is 4.98 Å². The minimum absolute atomic E-state index is 0.458. The van der Waals surface area contributed by atoms with Crippen molar-refractivity contribution in [2.75, 3.05) is 6.54 Å². The highest BCUT2D eigenvalue weighted by molar-refractivity contribution is 6.30. The number of imidazole rings is 1. The van der Waals surface area contributed by atoms with Gasteiger partial charge in [0.2, 0.25) is 0 Å². The molecule has 1 saturated heterocycles. The maximum Gasteiger partial charge on any atom is 0.0951 e. The normalized spacial score (nSPS) is 19.3. The minimum atomic E-state index is 0.458. The molecule has 0 aliphatic carbocycles. The Hall–Kier alpha value is -1.32. The fourth-order valence-electron chi connectivity index (χ4n) is 2.48. The van der Waals surface area contributed by atoms with Crippen molar-refractivity contribution >= 4 is 11.6 Å². The van der Waals surface area contributed by atoms with E-state index in [1.807, 2.05) is 24.7 Å². The van der Waals surface area contributed by atoms with Gasteiger partial charge in [-0.2, -0.15) is 0 Å². The first-order valence-corrected chi connectivity index (χ1v) is 6.68. The molecule has 2 heterocycles. The molecule has 0 radical (unpaired) electrons. The summed E-state index contributed by atoms with van der Waals surface area (Å²) in [6.07, 6.45) is 6.33. The van der Waals surface area contributed by atoms with E-state index >= 15 is 0 Å². The molecular formula is C14H16ClN3. The third-order valence-electron chi connectivity index (χ3n) is 3.43. The van der Waals surface area contributed by atoms with Crippen molar-refractivity contribution in [1.29, 1.82) is 0 Å². The molecule has 1 aromatic carbocycles. The van der Waals surface area contributed by atoms with Gasteiger partial charge < -0.3 is 9.88 Å². The maximum absolute atomic E-state index is 5.90. The molecule has 0 spiro atoms. The van der Waals surface area contributed by atoms with Crippen LogP contribution in [0, 0.1) is 0 Å². The number of rotatable bonds is 3. The van der Waals surface area contributed by atoms with E-state index in [-0.39, 0.29) is 0 Å². The topological polar surface area (TPSA) is 29.9 Å². The molecule has 1 fully saturated rings. The van der Waals surface area contributed by atoms with E-state index in [2.05, 4.69) is 27.0 Å². The van der Waals surface area contributed by atoms with Crippen LogP contribution in [0.1, 0.15) is 30.1 Å². The number of nitrogens with one attached hydrogen (secondary N) is 1. The summed E-state index contributed by atoms with van der Waals surface area (Å²) in [5, 5.41) is 4.29. The standard InChI is InChI=1S/C14H16ClN3/c15-12-5-3-11(4-6-12)9-18-10-16-8-14(18)13-2-1-7-17-13/h3-6,8,10,13,17H,1-2,7,9H2. The highest BCUT2D eigenvalue weighted by atomic mass is 35.5. The first kappa shape index (κ1) is 11.8. The monoisotopic (exact) mass is 261 g/mol. The van der Waals surface area contributed by atoms with Crippen molar-refractivity contribution in [1.82, 2.24) is 14.9 Å². The molecule has 1 aliphatic heterocycles. The minimum Gasteiger partial charge on any atom is -0.329 e. The van der Waals surface area contributed by atoms with Crippen LogP contribution in [-0.2, 0) is 6.54 Å². The molecule has 0 bridgehead atoms. The highest BCUT2D eigenvalue weighted by Gasteiger charge is 2.19. The van der Waals surface area contributed by atoms with Gasteiger partial charge in [-0.3, -0.25) is 0 Å². The fourth-order valence-corrected chi connectivity index (χ4v) is 2.60. The summed E-state index contributed by atoms with van der Waals surface area (Å²) in [4.78, 5) is 4.28. The third-order valence-corrected chi connectivity index (χ3v) is 3.68. The SMILES string of the molecule is Clc1ccc(Cn2cncc2C2CCCN2)cc1. The second kappa shape index (κ2) is 5.12. The van der Waals surface area contributed by atoms with Gasteiger partial charge in [-0.1, -0.05) is 23.7 Å². The number of aromatic nitrogens is 2. The van der Waals surface area contributed by atoms with Crippen LogP contribution in [0.5, 0.6) is 0 Å². The number of hydrogen-bond donors (Lipinski definition) is 1. The van der Waals surface area contributed by atoms with Crippen molar-refractivity contribution in [3.63, 3.8) is 0 Å². The fraction of sp³-hybridized carbons (Fsp3) is 0.357. The third kappa shape index (κ3) is 2.42. The smallest absolute Gasteiger partial charge is 0.0951 e. The Morgan fingerprint density at radius 3 is 2.89 bits per heavy atom. The zero-order valence-corrected chi connectivity index (χ0v) is 10.9. The summed E-state index contributed by atoms with van der Waals surface area (Å²) in [7, 11) is 0. The van der Waals surface area contributed by atoms with E-state index in [0.29, 0.717) is 6.04 Å². The Labute approximate surface area is 112 Å². The van der Waals surface area contributed by atoms with E-state index < -0.39 is 0 Å². The van der Waals surface area contributed by atoms with Crippen LogP contribution in [-0.4, -0.2) is 16.1 Å². The Balaban J connectivity index is 1.80. The lowest BCUT2D eigenvalue weighted by atomic mass is 10.1. The molecule has 1 aromatic heterocycles. The van der Waals surface area contributed by atoms with Crippen LogP contribution >= 0.6 is 11.6 Å². The van der Waals surface area contributed by atoms with Crippen molar-refractivity contribution in [3.05, 3.63) is 53.1 Å². The number of nitrogens with zero attached hydrogens (tertiary/aromatic N) is 2. The lowest BCUT2D eigenvalue weighted by molar-refractivity contribution is 0.584. The number of hydrogen-bond acceptors (Lipinski definition) is 2. The average Bonchev–Trinajstić information content (AvgIpc) is 3.02. The van der Waals surface area contributed by atoms with Gasteiger partial charge in [-0.05, 0) is 37.1 Å². The molecule has 0 saturated carbocycles. The van der Waals surface area contributed by atoms with E-state index in [4.69, 9.17) is 11.6 Å². The van der Waals surface area contributed by atoms with Crippen LogP contribution in [0.2, 0.25) is 5.02 Å². The molecule has 3 rings (SSSR count). The molecule has 1 atom stereocenters. The van der Waals surface area contributed by atoms with Crippen molar-refractivity contribution in [2.24, 2.45) is 0 Å². The summed E-state index contributed by atoms with van der Waals surface area (Å²) in [6, 6.07) is 8.45. The summed E-state index contributed by atoms with van der Waals surface area (Å²) >= 11 is 5.90. The largest absolute Gasteiger partial charge is 0.329 e. The molecule has 4 heteroatoms. The molecule has 18 heavy (non-hydrogen) atoms. The molecule has 1 N–H and O–H groups in total. The first-order valence-electron chi connectivity index (χ1n) is 6.31. The molecule has 3 nitrogen and oxygen atoms in total. The van der Waals surface area contributed by atoms with Crippen molar-refractivity contribution in [2.45, 2.75) is 25.4 Å². The molecular weight excluding hydrogens is 246 g/mol. The highest BCUT2D eigenvalue weighted by Crippen LogP contribution is 2.23. The molecule has 94 valence electrons. The summed E-state index contributed by atoms with van der Waals surface area (Å²) in [6.45, 7) is 1.96. The lowest BCUT2D eigenvalue weighted by Crippen LogP contribution is -2.17. The van der Waals surface area contributed by atoms with E-state index in [9.17, 15) is 0 Å². The van der Waals surface area contributed by atoms with Gasteiger partial charge >= 0.3 is 0 Å². The second-order valence-electron chi connectivity index (χ2n) is 4.72. The van der Waals surface area contributed by atoms with Crippen molar-refractivity contribution < 1.29 is 0 Å². The summed E-state index contributed by atoms with van der Waals surface area (Å²) in [5.41, 5.74) is 2.53. The van der Waals surface area contributed by atoms with Crippen LogP contribution in [0.4, 0.5) is 0 Å². The number of benzene rings is 1. The zero-order valence-electron chi connectivity index (χ0n) is 10.1. The summed E-state index contributed by atoms with van der Waals surface area (Å²) < 4.78 is 2.21. The van der Waals surface area contributed by atoms with E-state index in [0.717, 1.165) is 18.1 Å². The van der Waals surface area contributed by atoms with Crippen LogP contribution in [0.3, 0.4) is 0 Å². The second-order valence-corrected chi connectivity index (χ2v) is 5.16. The van der Waals surface area contributed by atoms with Gasteiger partial charge in [0.25, 0.3) is 0 Å². The zero-order chi connectivity index (χ0) is 12.4. The molecule has 1 unspecified atom stereocenters. The van der Waals surface area contributed by atoms with Gasteiger partial charge in [0.1, 0.15) is 0 Å². The molecule has 1 aliphatic rings. The van der Waals surface area contributed by atoms with Gasteiger partial charge in [0, 0.05) is 23.8 Å². The quantitative estimate of drug-likeness (QED) is 0.921. The predicted molar refractivity (Wildman–Crippen MR) is 72.8 cm³/mol. The van der Waals surface area contributed by atoms with Crippen LogP contribution in [0.25, 0.3) is 0 Å². The lowest BCUT2D eigenvalue weighted by Gasteiger charge is -2.14. The van der Waals surface area contributed by atoms with E-state index in [1.165, 1.54) is 24.1 Å². The summed E-state index contributed by atoms with van der Waals surface area (Å²) in [5.74, 6) is 0. The van der Waals surface area contributed by atoms with Crippen LogP contribution in [0.15, 0.2) is 36.8 Å².